The van der Waals surface area contributed by atoms with Crippen molar-refractivity contribution >= 4 is 68.0 Å². The van der Waals surface area contributed by atoms with Crippen molar-refractivity contribution in [3.05, 3.63) is 56.6 Å². The zero-order chi connectivity index (χ0) is 25.1. The van der Waals surface area contributed by atoms with Gasteiger partial charge in [-0.3, -0.25) is 19.8 Å². The van der Waals surface area contributed by atoms with E-state index >= 15 is 0 Å². The quantitative estimate of drug-likeness (QED) is 0.285. The second-order valence-corrected chi connectivity index (χ2v) is 10.1. The summed E-state index contributed by atoms with van der Waals surface area (Å²) >= 11 is 7.76. The van der Waals surface area contributed by atoms with Crippen molar-refractivity contribution in [2.24, 2.45) is 0 Å². The maximum Gasteiger partial charge on any atom is 0.293 e. The van der Waals surface area contributed by atoms with Crippen LogP contribution >= 0.6 is 35.3 Å². The molecule has 0 atom stereocenters. The molecule has 1 aliphatic rings. The van der Waals surface area contributed by atoms with E-state index in [9.17, 15) is 14.9 Å². The first-order valence-electron chi connectivity index (χ1n) is 11.4. The molecule has 0 radical (unpaired) electrons. The van der Waals surface area contributed by atoms with Crippen molar-refractivity contribution in [3.63, 3.8) is 0 Å². The van der Waals surface area contributed by atoms with Gasteiger partial charge in [0.2, 0.25) is 0 Å². The Hall–Kier alpha value is -2.50. The van der Waals surface area contributed by atoms with Gasteiger partial charge in [-0.15, -0.1) is 12.4 Å². The van der Waals surface area contributed by atoms with Crippen LogP contribution in [-0.2, 0) is 4.74 Å². The molecule has 36 heavy (non-hydrogen) atoms. The molecular weight excluding hydrogens is 525 g/mol. The lowest BCUT2D eigenvalue weighted by atomic mass is 10.1. The average Bonchev–Trinajstić information content (AvgIpc) is 3.30. The number of thiazole rings is 1. The molecule has 0 aliphatic carbocycles. The van der Waals surface area contributed by atoms with Gasteiger partial charge in [-0.2, -0.15) is 0 Å². The van der Waals surface area contributed by atoms with E-state index in [1.807, 2.05) is 43.0 Å². The minimum Gasteiger partial charge on any atom is -0.378 e. The van der Waals surface area contributed by atoms with Gasteiger partial charge in [0.1, 0.15) is 5.69 Å². The van der Waals surface area contributed by atoms with Crippen molar-refractivity contribution in [2.75, 3.05) is 63.3 Å². The van der Waals surface area contributed by atoms with Crippen molar-refractivity contribution < 1.29 is 14.5 Å². The summed E-state index contributed by atoms with van der Waals surface area (Å²) in [6.45, 7) is 5.31. The number of rotatable bonds is 8. The second-order valence-electron chi connectivity index (χ2n) is 8.71. The Kier molecular flexibility index (Phi) is 9.48. The lowest BCUT2D eigenvalue weighted by molar-refractivity contribution is -0.384. The number of carbonyl (C=O) groups is 1. The highest BCUT2D eigenvalue weighted by Gasteiger charge is 2.27. The highest BCUT2D eigenvalue weighted by atomic mass is 35.5. The Balaban J connectivity index is 0.00000361. The number of amides is 1. The molecule has 4 rings (SSSR count). The number of morpholine rings is 1. The molecule has 1 saturated heterocycles. The van der Waals surface area contributed by atoms with Crippen LogP contribution in [0.25, 0.3) is 10.2 Å². The minimum absolute atomic E-state index is 0. The number of hydrogen-bond donors (Lipinski definition) is 0. The van der Waals surface area contributed by atoms with E-state index in [2.05, 4.69) is 0 Å². The molecule has 1 amide bonds. The lowest BCUT2D eigenvalue weighted by Gasteiger charge is -2.28. The third kappa shape index (κ3) is 6.07. The van der Waals surface area contributed by atoms with E-state index in [-0.39, 0.29) is 29.6 Å². The third-order valence-corrected chi connectivity index (χ3v) is 7.46. The number of nitro groups is 1. The van der Waals surface area contributed by atoms with E-state index in [0.29, 0.717) is 48.7 Å². The van der Waals surface area contributed by atoms with Crippen LogP contribution in [0.15, 0.2) is 30.3 Å². The number of nitrogens with zero attached hydrogens (tertiary/aromatic N) is 5. The smallest absolute Gasteiger partial charge is 0.293 e. The molecule has 0 spiro atoms. The fraction of sp³-hybridized carbons (Fsp3) is 0.417. The molecule has 1 fully saturated rings. The Morgan fingerprint density at radius 1 is 1.22 bits per heavy atom. The SMILES string of the molecule is Cc1ccc(Cl)c2sc(N(CCCN(C)C)C(=O)c3ccc(N4CCOCC4)c([N+](=O)[O-])c3)nc12.Cl. The number of aryl methyl sites for hydroxylation is 1. The van der Waals surface area contributed by atoms with Crippen molar-refractivity contribution in [2.45, 2.75) is 13.3 Å². The summed E-state index contributed by atoms with van der Waals surface area (Å²) in [5.41, 5.74) is 2.39. The van der Waals surface area contributed by atoms with Crippen molar-refractivity contribution in [1.82, 2.24) is 9.88 Å². The summed E-state index contributed by atoms with van der Waals surface area (Å²) in [4.78, 5) is 35.5. The molecule has 0 saturated carbocycles. The highest BCUT2D eigenvalue weighted by molar-refractivity contribution is 7.23. The molecule has 12 heteroatoms. The van der Waals surface area contributed by atoms with Gasteiger partial charge in [0.25, 0.3) is 11.6 Å². The number of ether oxygens (including phenoxy) is 1. The average molecular weight is 555 g/mol. The van der Waals surface area contributed by atoms with Crippen molar-refractivity contribution in [1.29, 1.82) is 0 Å². The Morgan fingerprint density at radius 3 is 2.58 bits per heavy atom. The Bertz CT molecular complexity index is 1210. The molecule has 0 N–H and O–H groups in total. The number of carbonyl (C=O) groups excluding carboxylic acids is 1. The van der Waals surface area contributed by atoms with Gasteiger partial charge in [-0.25, -0.2) is 4.98 Å². The number of fused-ring (bicyclic) bond motifs is 1. The first kappa shape index (κ1) is 28.1. The van der Waals surface area contributed by atoms with E-state index in [0.717, 1.165) is 28.7 Å². The molecule has 2 aromatic carbocycles. The summed E-state index contributed by atoms with van der Waals surface area (Å²) in [7, 11) is 3.95. The maximum absolute atomic E-state index is 13.7. The fourth-order valence-corrected chi connectivity index (χ4v) is 5.41. The number of halogens is 2. The van der Waals surface area contributed by atoms with Gasteiger partial charge < -0.3 is 14.5 Å². The van der Waals surface area contributed by atoms with E-state index < -0.39 is 4.92 Å². The molecule has 3 aromatic rings. The van der Waals surface area contributed by atoms with Gasteiger partial charge in [-0.05, 0) is 57.7 Å². The summed E-state index contributed by atoms with van der Waals surface area (Å²) in [6.07, 6.45) is 0.718. The largest absolute Gasteiger partial charge is 0.378 e. The first-order valence-corrected chi connectivity index (χ1v) is 12.6. The molecule has 1 aliphatic heterocycles. The fourth-order valence-electron chi connectivity index (χ4n) is 4.07. The summed E-state index contributed by atoms with van der Waals surface area (Å²) in [6, 6.07) is 8.42. The summed E-state index contributed by atoms with van der Waals surface area (Å²) in [5, 5.41) is 13.0. The van der Waals surface area contributed by atoms with E-state index in [4.69, 9.17) is 21.3 Å². The number of benzene rings is 2. The molecule has 0 unspecified atom stereocenters. The van der Waals surface area contributed by atoms with Crippen LogP contribution in [0.4, 0.5) is 16.5 Å². The zero-order valence-corrected chi connectivity index (χ0v) is 22.8. The van der Waals surface area contributed by atoms with Crippen LogP contribution in [0.5, 0.6) is 0 Å². The second kappa shape index (κ2) is 12.2. The molecule has 1 aromatic heterocycles. The lowest BCUT2D eigenvalue weighted by Crippen LogP contribution is -2.37. The number of aromatic nitrogens is 1. The highest BCUT2D eigenvalue weighted by Crippen LogP contribution is 2.37. The summed E-state index contributed by atoms with van der Waals surface area (Å²) < 4.78 is 6.19. The Morgan fingerprint density at radius 2 is 1.94 bits per heavy atom. The molecule has 9 nitrogen and oxygen atoms in total. The topological polar surface area (TPSA) is 92.0 Å². The molecular formula is C24H29Cl2N5O4S. The van der Waals surface area contributed by atoms with Crippen LogP contribution in [0.1, 0.15) is 22.3 Å². The van der Waals surface area contributed by atoms with E-state index in [1.165, 1.54) is 17.4 Å². The van der Waals surface area contributed by atoms with Gasteiger partial charge in [0, 0.05) is 31.3 Å². The van der Waals surface area contributed by atoms with Crippen LogP contribution < -0.4 is 9.80 Å². The van der Waals surface area contributed by atoms with Crippen LogP contribution in [0.2, 0.25) is 5.02 Å². The van der Waals surface area contributed by atoms with Gasteiger partial charge in [0.15, 0.2) is 5.13 Å². The monoisotopic (exact) mass is 553 g/mol. The van der Waals surface area contributed by atoms with Gasteiger partial charge in [-0.1, -0.05) is 29.0 Å². The molecule has 0 bridgehead atoms. The van der Waals surface area contributed by atoms with Crippen LogP contribution in [0.3, 0.4) is 0 Å². The van der Waals surface area contributed by atoms with Crippen molar-refractivity contribution in [3.8, 4) is 0 Å². The predicted molar refractivity (Wildman–Crippen MR) is 148 cm³/mol. The zero-order valence-electron chi connectivity index (χ0n) is 20.4. The van der Waals surface area contributed by atoms with Gasteiger partial charge in [0.05, 0.1) is 33.4 Å². The Labute approximate surface area is 225 Å². The minimum atomic E-state index is -0.432. The number of hydrogen-bond acceptors (Lipinski definition) is 8. The summed E-state index contributed by atoms with van der Waals surface area (Å²) in [5.74, 6) is -0.326. The molecule has 2 heterocycles. The maximum atomic E-state index is 13.7. The van der Waals surface area contributed by atoms with Crippen LogP contribution in [0, 0.1) is 17.0 Å². The van der Waals surface area contributed by atoms with E-state index in [1.54, 1.807) is 17.0 Å². The van der Waals surface area contributed by atoms with Crippen LogP contribution in [-0.4, -0.2) is 74.2 Å². The standard InChI is InChI=1S/C24H28ClN5O4S.ClH/c1-16-5-7-18(25)22-21(16)26-24(35-22)29(10-4-9-27(2)3)23(31)17-6-8-19(20(15-17)30(32)33)28-11-13-34-14-12-28;/h5-8,15H,4,9-14H2,1-3H3;1H. The number of anilines is 2. The first-order chi connectivity index (χ1) is 16.8. The predicted octanol–water partition coefficient (Wildman–Crippen LogP) is 5.02. The van der Waals surface area contributed by atoms with Gasteiger partial charge >= 0.3 is 0 Å². The third-order valence-electron chi connectivity index (χ3n) is 5.92. The normalized spacial score (nSPS) is 13.6. The number of nitro benzene ring substituents is 1. The molecule has 194 valence electrons.